The van der Waals surface area contributed by atoms with Gasteiger partial charge in [0.15, 0.2) is 5.78 Å². The van der Waals surface area contributed by atoms with Crippen LogP contribution in [-0.4, -0.2) is 23.3 Å². The SMILES string of the molecule is CC(C)N(CC(=O)c1cc(Cl)ccc1Cl)Cc1cccs1. The molecule has 0 aliphatic heterocycles. The fourth-order valence-corrected chi connectivity index (χ4v) is 3.13. The molecule has 0 bridgehead atoms. The number of Topliss-reactive ketones (excluding diaryl/α,β-unsaturated/α-hetero) is 1. The summed E-state index contributed by atoms with van der Waals surface area (Å²) in [5.41, 5.74) is 0.487. The molecule has 0 spiro atoms. The quantitative estimate of drug-likeness (QED) is 0.677. The molecule has 0 amide bonds. The van der Waals surface area contributed by atoms with Crippen LogP contribution in [0.1, 0.15) is 29.1 Å². The summed E-state index contributed by atoms with van der Waals surface area (Å²) in [4.78, 5) is 15.9. The molecule has 0 radical (unpaired) electrons. The third-order valence-electron chi connectivity index (χ3n) is 3.24. The van der Waals surface area contributed by atoms with Gasteiger partial charge in [-0.2, -0.15) is 0 Å². The van der Waals surface area contributed by atoms with Crippen molar-refractivity contribution >= 4 is 40.3 Å². The van der Waals surface area contributed by atoms with Crippen molar-refractivity contribution in [3.8, 4) is 0 Å². The summed E-state index contributed by atoms with van der Waals surface area (Å²) < 4.78 is 0. The molecule has 112 valence electrons. The average molecular weight is 342 g/mol. The number of thiophene rings is 1. The van der Waals surface area contributed by atoms with E-state index in [0.29, 0.717) is 22.2 Å². The number of benzene rings is 1. The molecule has 2 rings (SSSR count). The fraction of sp³-hybridized carbons (Fsp3) is 0.312. The highest BCUT2D eigenvalue weighted by Gasteiger charge is 2.18. The second-order valence-electron chi connectivity index (χ2n) is 5.13. The Kier molecular flexibility index (Phi) is 5.82. The Morgan fingerprint density at radius 3 is 2.67 bits per heavy atom. The standard InChI is InChI=1S/C16H17Cl2NOS/c1-11(2)19(9-13-4-3-7-21-13)10-16(20)14-8-12(17)5-6-15(14)18/h3-8,11H,9-10H2,1-2H3. The highest BCUT2D eigenvalue weighted by atomic mass is 35.5. The lowest BCUT2D eigenvalue weighted by molar-refractivity contribution is 0.0899. The third kappa shape index (κ3) is 4.55. The van der Waals surface area contributed by atoms with Crippen LogP contribution in [0.5, 0.6) is 0 Å². The lowest BCUT2D eigenvalue weighted by Crippen LogP contribution is -2.35. The molecule has 0 atom stereocenters. The topological polar surface area (TPSA) is 20.3 Å². The predicted octanol–water partition coefficient (Wildman–Crippen LogP) is 5.15. The van der Waals surface area contributed by atoms with Crippen LogP contribution in [0.25, 0.3) is 0 Å². The Labute approximate surface area is 139 Å². The van der Waals surface area contributed by atoms with E-state index in [2.05, 4.69) is 24.8 Å². The molecule has 2 aromatic rings. The van der Waals surface area contributed by atoms with Gasteiger partial charge in [0.25, 0.3) is 0 Å². The van der Waals surface area contributed by atoms with Crippen LogP contribution in [0, 0.1) is 0 Å². The van der Waals surface area contributed by atoms with Crippen molar-refractivity contribution in [1.29, 1.82) is 0 Å². The van der Waals surface area contributed by atoms with Crippen molar-refractivity contribution in [2.75, 3.05) is 6.54 Å². The Morgan fingerprint density at radius 2 is 2.05 bits per heavy atom. The molecule has 0 saturated heterocycles. The summed E-state index contributed by atoms with van der Waals surface area (Å²) in [5.74, 6) is -0.00671. The summed E-state index contributed by atoms with van der Waals surface area (Å²) >= 11 is 13.8. The van der Waals surface area contributed by atoms with Crippen LogP contribution in [0.3, 0.4) is 0 Å². The van der Waals surface area contributed by atoms with Crippen molar-refractivity contribution in [2.24, 2.45) is 0 Å². The van der Waals surface area contributed by atoms with Gasteiger partial charge >= 0.3 is 0 Å². The molecule has 0 fully saturated rings. The molecule has 21 heavy (non-hydrogen) atoms. The number of rotatable bonds is 6. The minimum Gasteiger partial charge on any atom is -0.293 e. The van der Waals surface area contributed by atoms with Crippen LogP contribution < -0.4 is 0 Å². The van der Waals surface area contributed by atoms with Crippen molar-refractivity contribution in [3.63, 3.8) is 0 Å². The van der Waals surface area contributed by atoms with Crippen LogP contribution in [0.2, 0.25) is 10.0 Å². The van der Waals surface area contributed by atoms with Crippen molar-refractivity contribution in [1.82, 2.24) is 4.90 Å². The van der Waals surface area contributed by atoms with E-state index in [0.717, 1.165) is 6.54 Å². The van der Waals surface area contributed by atoms with Gasteiger partial charge in [-0.1, -0.05) is 29.3 Å². The largest absolute Gasteiger partial charge is 0.293 e. The van der Waals surface area contributed by atoms with Gasteiger partial charge in [0.2, 0.25) is 0 Å². The smallest absolute Gasteiger partial charge is 0.178 e. The third-order valence-corrected chi connectivity index (χ3v) is 4.67. The number of carbonyl (C=O) groups excluding carboxylic acids is 1. The molecule has 0 aliphatic rings. The van der Waals surface area contributed by atoms with Crippen LogP contribution in [-0.2, 0) is 6.54 Å². The number of hydrogen-bond acceptors (Lipinski definition) is 3. The molecular weight excluding hydrogens is 325 g/mol. The van der Waals surface area contributed by atoms with Gasteiger partial charge in [0, 0.05) is 28.0 Å². The fourth-order valence-electron chi connectivity index (χ4n) is 2.00. The first-order valence-corrected chi connectivity index (χ1v) is 8.35. The molecule has 5 heteroatoms. The maximum Gasteiger partial charge on any atom is 0.178 e. The van der Waals surface area contributed by atoms with Gasteiger partial charge in [0.1, 0.15) is 0 Å². The molecule has 0 aliphatic carbocycles. The molecule has 0 N–H and O–H groups in total. The molecule has 2 nitrogen and oxygen atoms in total. The van der Waals surface area contributed by atoms with Crippen molar-refractivity contribution < 1.29 is 4.79 Å². The zero-order chi connectivity index (χ0) is 15.4. The van der Waals surface area contributed by atoms with Crippen LogP contribution >= 0.6 is 34.5 Å². The Morgan fingerprint density at radius 1 is 1.29 bits per heavy atom. The van der Waals surface area contributed by atoms with E-state index in [1.807, 2.05) is 11.4 Å². The second-order valence-corrected chi connectivity index (χ2v) is 7.00. The van der Waals surface area contributed by atoms with Crippen LogP contribution in [0.15, 0.2) is 35.7 Å². The molecular formula is C16H17Cl2NOS. The maximum absolute atomic E-state index is 12.5. The highest BCUT2D eigenvalue weighted by molar-refractivity contribution is 7.09. The van der Waals surface area contributed by atoms with Gasteiger partial charge in [-0.3, -0.25) is 9.69 Å². The maximum atomic E-state index is 12.5. The monoisotopic (exact) mass is 341 g/mol. The van der Waals surface area contributed by atoms with E-state index in [9.17, 15) is 4.79 Å². The second kappa shape index (κ2) is 7.41. The van der Waals surface area contributed by atoms with Gasteiger partial charge < -0.3 is 0 Å². The van der Waals surface area contributed by atoms with Crippen molar-refractivity contribution in [3.05, 3.63) is 56.2 Å². The lowest BCUT2D eigenvalue weighted by atomic mass is 10.1. The Bertz CT molecular complexity index is 611. The Hall–Kier alpha value is -0.870. The number of halogens is 2. The molecule has 1 aromatic carbocycles. The van der Waals surface area contributed by atoms with E-state index in [1.165, 1.54) is 4.88 Å². The first kappa shape index (κ1) is 16.5. The first-order chi connectivity index (χ1) is 9.97. The number of hydrogen-bond donors (Lipinski definition) is 0. The molecule has 0 saturated carbocycles. The summed E-state index contributed by atoms with van der Waals surface area (Å²) in [6.07, 6.45) is 0. The zero-order valence-electron chi connectivity index (χ0n) is 12.0. The Balaban J connectivity index is 2.12. The predicted molar refractivity (Wildman–Crippen MR) is 90.7 cm³/mol. The number of ketones is 1. The summed E-state index contributed by atoms with van der Waals surface area (Å²) in [5, 5.41) is 3.02. The lowest BCUT2D eigenvalue weighted by Gasteiger charge is -2.25. The van der Waals surface area contributed by atoms with Crippen LogP contribution in [0.4, 0.5) is 0 Å². The van der Waals surface area contributed by atoms with Gasteiger partial charge in [-0.15, -0.1) is 11.3 Å². The first-order valence-electron chi connectivity index (χ1n) is 6.72. The minimum atomic E-state index is -0.00671. The van der Waals surface area contributed by atoms with Crippen molar-refractivity contribution in [2.45, 2.75) is 26.4 Å². The summed E-state index contributed by atoms with van der Waals surface area (Å²) in [6.45, 7) is 5.26. The van der Waals surface area contributed by atoms with E-state index in [-0.39, 0.29) is 11.8 Å². The molecule has 1 aromatic heterocycles. The number of carbonyl (C=O) groups is 1. The minimum absolute atomic E-state index is 0.00671. The normalized spacial score (nSPS) is 11.3. The van der Waals surface area contributed by atoms with Gasteiger partial charge in [-0.25, -0.2) is 0 Å². The summed E-state index contributed by atoms with van der Waals surface area (Å²) in [7, 11) is 0. The average Bonchev–Trinajstić information content (AvgIpc) is 2.93. The summed E-state index contributed by atoms with van der Waals surface area (Å²) in [6, 6.07) is 9.36. The van der Waals surface area contributed by atoms with E-state index >= 15 is 0 Å². The van der Waals surface area contributed by atoms with E-state index in [4.69, 9.17) is 23.2 Å². The van der Waals surface area contributed by atoms with E-state index in [1.54, 1.807) is 29.5 Å². The van der Waals surface area contributed by atoms with E-state index < -0.39 is 0 Å². The highest BCUT2D eigenvalue weighted by Crippen LogP contribution is 2.22. The molecule has 1 heterocycles. The number of nitrogens with zero attached hydrogens (tertiary/aromatic N) is 1. The molecule has 0 unspecified atom stereocenters. The zero-order valence-corrected chi connectivity index (χ0v) is 14.3. The van der Waals surface area contributed by atoms with Gasteiger partial charge in [-0.05, 0) is 43.5 Å². The van der Waals surface area contributed by atoms with Gasteiger partial charge in [0.05, 0.1) is 11.6 Å².